The van der Waals surface area contributed by atoms with Crippen LogP contribution >= 0.6 is 0 Å². The quantitative estimate of drug-likeness (QED) is 0.783. The van der Waals surface area contributed by atoms with Crippen LogP contribution in [0.25, 0.3) is 0 Å². The number of carbonyl (C=O) groups excluding carboxylic acids is 1. The van der Waals surface area contributed by atoms with Crippen LogP contribution in [-0.4, -0.2) is 10.5 Å². The maximum atomic E-state index is 12.8. The van der Waals surface area contributed by atoms with Crippen LogP contribution in [-0.2, 0) is 22.3 Å². The highest BCUT2D eigenvalue weighted by Crippen LogP contribution is 2.29. The smallest absolute Gasteiger partial charge is 0.417 e. The van der Waals surface area contributed by atoms with Crippen LogP contribution in [0.1, 0.15) is 30.5 Å². The van der Waals surface area contributed by atoms with Crippen LogP contribution in [0, 0.1) is 0 Å². The number of halogens is 3. The van der Waals surface area contributed by atoms with Gasteiger partial charge in [0.1, 0.15) is 12.6 Å². The van der Waals surface area contributed by atoms with E-state index in [2.05, 4.69) is 0 Å². The van der Waals surface area contributed by atoms with Gasteiger partial charge in [-0.1, -0.05) is 37.3 Å². The van der Waals surface area contributed by atoms with Gasteiger partial charge >= 0.3 is 12.1 Å². The number of hydrogen-bond donors (Lipinski definition) is 0. The topological polar surface area (TPSA) is 48.3 Å². The van der Waals surface area contributed by atoms with Crippen LogP contribution in [0.5, 0.6) is 0 Å². The van der Waals surface area contributed by atoms with Crippen molar-refractivity contribution < 1.29 is 22.7 Å². The minimum absolute atomic E-state index is 0.0100. The van der Waals surface area contributed by atoms with E-state index in [1.807, 2.05) is 6.07 Å². The first-order chi connectivity index (χ1) is 11.3. The van der Waals surface area contributed by atoms with Crippen molar-refractivity contribution in [3.8, 4) is 0 Å². The molecule has 0 saturated carbocycles. The van der Waals surface area contributed by atoms with Crippen molar-refractivity contribution in [2.24, 2.45) is 0 Å². The molecule has 0 fully saturated rings. The Hall–Kier alpha value is -2.57. The van der Waals surface area contributed by atoms with Gasteiger partial charge in [0.25, 0.3) is 5.56 Å². The molecular formula is C17H16F3NO3. The Balaban J connectivity index is 2.21. The number of nitrogens with zero attached hydrogens (tertiary/aromatic N) is 1. The molecule has 7 heteroatoms. The van der Waals surface area contributed by atoms with Crippen molar-refractivity contribution in [3.63, 3.8) is 0 Å². The summed E-state index contributed by atoms with van der Waals surface area (Å²) in [5, 5.41) is 0. The number of hydrogen-bond acceptors (Lipinski definition) is 3. The molecule has 0 radical (unpaired) electrons. The van der Waals surface area contributed by atoms with E-state index >= 15 is 0 Å². The number of aromatic nitrogens is 1. The van der Waals surface area contributed by atoms with Gasteiger partial charge in [-0.15, -0.1) is 0 Å². The average Bonchev–Trinajstić information content (AvgIpc) is 2.55. The van der Waals surface area contributed by atoms with Crippen molar-refractivity contribution in [3.05, 3.63) is 70.1 Å². The lowest BCUT2D eigenvalue weighted by Gasteiger charge is -2.18. The lowest BCUT2D eigenvalue weighted by molar-refractivity contribution is -0.150. The summed E-state index contributed by atoms with van der Waals surface area (Å²) >= 11 is 0. The first kappa shape index (κ1) is 17.8. The van der Waals surface area contributed by atoms with Crippen molar-refractivity contribution in [2.75, 3.05) is 0 Å². The second kappa shape index (κ2) is 7.33. The molecule has 2 aromatic rings. The fourth-order valence-corrected chi connectivity index (χ4v) is 2.22. The zero-order valence-corrected chi connectivity index (χ0v) is 12.9. The first-order valence-electron chi connectivity index (χ1n) is 7.33. The molecule has 128 valence electrons. The largest absolute Gasteiger partial charge is 0.459 e. The summed E-state index contributed by atoms with van der Waals surface area (Å²) in [6.45, 7) is 1.59. The summed E-state index contributed by atoms with van der Waals surface area (Å²) in [6.07, 6.45) is -3.81. The number of benzene rings is 1. The summed E-state index contributed by atoms with van der Waals surface area (Å²) in [6, 6.07) is 9.26. The van der Waals surface area contributed by atoms with E-state index in [9.17, 15) is 22.8 Å². The minimum Gasteiger partial charge on any atom is -0.459 e. The molecule has 0 saturated heterocycles. The minimum atomic E-state index is -4.60. The van der Waals surface area contributed by atoms with Gasteiger partial charge in [-0.05, 0) is 18.1 Å². The molecule has 0 aliphatic heterocycles. The van der Waals surface area contributed by atoms with E-state index in [-0.39, 0.29) is 13.0 Å². The molecule has 0 aliphatic rings. The summed E-state index contributed by atoms with van der Waals surface area (Å²) in [4.78, 5) is 24.1. The van der Waals surface area contributed by atoms with Crippen molar-refractivity contribution in [1.82, 2.24) is 4.57 Å². The normalized spacial score (nSPS) is 12.7. The molecule has 0 bridgehead atoms. The van der Waals surface area contributed by atoms with Gasteiger partial charge in [0.2, 0.25) is 0 Å². The molecule has 0 spiro atoms. The Morgan fingerprint density at radius 3 is 2.42 bits per heavy atom. The highest BCUT2D eigenvalue weighted by molar-refractivity contribution is 5.74. The van der Waals surface area contributed by atoms with E-state index in [1.165, 1.54) is 0 Å². The third-order valence-corrected chi connectivity index (χ3v) is 3.48. The van der Waals surface area contributed by atoms with Gasteiger partial charge in [-0.2, -0.15) is 13.2 Å². The summed E-state index contributed by atoms with van der Waals surface area (Å²) in [7, 11) is 0. The van der Waals surface area contributed by atoms with Crippen LogP contribution in [0.2, 0.25) is 0 Å². The molecular weight excluding hydrogens is 323 g/mol. The van der Waals surface area contributed by atoms with Crippen LogP contribution in [0.4, 0.5) is 13.2 Å². The molecule has 4 nitrogen and oxygen atoms in total. The Morgan fingerprint density at radius 1 is 1.17 bits per heavy atom. The van der Waals surface area contributed by atoms with Crippen molar-refractivity contribution >= 4 is 5.97 Å². The Kier molecular flexibility index (Phi) is 5.43. The third-order valence-electron chi connectivity index (χ3n) is 3.48. The molecule has 1 heterocycles. The van der Waals surface area contributed by atoms with Gasteiger partial charge in [0.15, 0.2) is 0 Å². The average molecular weight is 339 g/mol. The van der Waals surface area contributed by atoms with E-state index in [0.29, 0.717) is 12.3 Å². The number of pyridine rings is 1. The Bertz CT molecular complexity index is 754. The van der Waals surface area contributed by atoms with E-state index in [4.69, 9.17) is 4.74 Å². The molecule has 0 aliphatic carbocycles. The number of carbonyl (C=O) groups is 1. The number of alkyl halides is 3. The van der Waals surface area contributed by atoms with Crippen LogP contribution < -0.4 is 5.56 Å². The molecule has 1 atom stereocenters. The van der Waals surface area contributed by atoms with Crippen LogP contribution in [0.3, 0.4) is 0 Å². The highest BCUT2D eigenvalue weighted by atomic mass is 19.4. The standard InChI is InChI=1S/C17H16F3NO3/c1-2-14(16(23)24-11-12-6-4-3-5-7-12)21-10-13(17(18,19)20)8-9-15(21)22/h3-10,14H,2,11H2,1H3. The van der Waals surface area contributed by atoms with Crippen LogP contribution in [0.15, 0.2) is 53.5 Å². The number of esters is 1. The lowest BCUT2D eigenvalue weighted by Crippen LogP contribution is -2.31. The molecule has 0 amide bonds. The zero-order chi connectivity index (χ0) is 17.7. The van der Waals surface area contributed by atoms with E-state index in [0.717, 1.165) is 16.2 Å². The fraction of sp³-hybridized carbons (Fsp3) is 0.294. The Labute approximate surface area is 136 Å². The number of ether oxygens (including phenoxy) is 1. The molecule has 1 unspecified atom stereocenters. The SMILES string of the molecule is CCC(C(=O)OCc1ccccc1)n1cc(C(F)(F)F)ccc1=O. The second-order valence-electron chi connectivity index (χ2n) is 5.18. The maximum Gasteiger partial charge on any atom is 0.417 e. The molecule has 1 aromatic carbocycles. The van der Waals surface area contributed by atoms with Gasteiger partial charge in [0.05, 0.1) is 5.56 Å². The molecule has 2 rings (SSSR count). The van der Waals surface area contributed by atoms with Gasteiger partial charge in [-0.3, -0.25) is 4.79 Å². The van der Waals surface area contributed by atoms with Crippen molar-refractivity contribution in [1.29, 1.82) is 0 Å². The van der Waals surface area contributed by atoms with Crippen molar-refractivity contribution in [2.45, 2.75) is 32.2 Å². The van der Waals surface area contributed by atoms with Gasteiger partial charge in [0, 0.05) is 12.3 Å². The first-order valence-corrected chi connectivity index (χ1v) is 7.33. The Morgan fingerprint density at radius 2 is 1.83 bits per heavy atom. The lowest BCUT2D eigenvalue weighted by atomic mass is 10.2. The zero-order valence-electron chi connectivity index (χ0n) is 12.9. The monoisotopic (exact) mass is 339 g/mol. The predicted molar refractivity (Wildman–Crippen MR) is 81.3 cm³/mol. The van der Waals surface area contributed by atoms with E-state index in [1.54, 1.807) is 31.2 Å². The maximum absolute atomic E-state index is 12.8. The fourth-order valence-electron chi connectivity index (χ4n) is 2.22. The molecule has 1 aromatic heterocycles. The van der Waals surface area contributed by atoms with Gasteiger partial charge in [-0.25, -0.2) is 4.79 Å². The highest BCUT2D eigenvalue weighted by Gasteiger charge is 2.32. The summed E-state index contributed by atoms with van der Waals surface area (Å²) < 4.78 is 44.3. The third kappa shape index (κ3) is 4.24. The van der Waals surface area contributed by atoms with E-state index < -0.39 is 29.3 Å². The summed E-state index contributed by atoms with van der Waals surface area (Å²) in [5.41, 5.74) is -0.931. The second-order valence-corrected chi connectivity index (χ2v) is 5.18. The number of rotatable bonds is 5. The molecule has 24 heavy (non-hydrogen) atoms. The predicted octanol–water partition coefficient (Wildman–Crippen LogP) is 3.56. The summed E-state index contributed by atoms with van der Waals surface area (Å²) in [5.74, 6) is -0.747. The van der Waals surface area contributed by atoms with Gasteiger partial charge < -0.3 is 9.30 Å². The molecule has 0 N–H and O–H groups in total.